The lowest BCUT2D eigenvalue weighted by atomic mass is 10.2. The van der Waals surface area contributed by atoms with Crippen molar-refractivity contribution in [1.29, 1.82) is 0 Å². The van der Waals surface area contributed by atoms with Gasteiger partial charge in [0, 0.05) is 11.5 Å². The van der Waals surface area contributed by atoms with Gasteiger partial charge in [-0.2, -0.15) is 0 Å². The third kappa shape index (κ3) is 2.10. The summed E-state index contributed by atoms with van der Waals surface area (Å²) >= 11 is 0. The molecule has 0 bridgehead atoms. The van der Waals surface area contributed by atoms with Crippen molar-refractivity contribution in [2.75, 3.05) is 0 Å². The average molecular weight is 234 g/mol. The largest absolute Gasteiger partial charge is 0.573 e. The lowest BCUT2D eigenvalue weighted by molar-refractivity contribution is -0.274. The van der Waals surface area contributed by atoms with Crippen molar-refractivity contribution in [3.8, 4) is 5.75 Å². The molecule has 0 fully saturated rings. The van der Waals surface area contributed by atoms with Gasteiger partial charge >= 0.3 is 6.36 Å². The maximum absolute atomic E-state index is 13.3. The Morgan fingerprint density at radius 2 is 1.88 bits per heavy atom. The Morgan fingerprint density at radius 3 is 2.50 bits per heavy atom. The highest BCUT2D eigenvalue weighted by atomic mass is 19.4. The molecule has 0 radical (unpaired) electrons. The molecule has 2 aromatic rings. The standard InChI is InChI=1S/C10H6F4O2/c1-5-2-6-3-7(16-10(12,13)14)4-8(11)9(6)15-5/h2-4H,1H3. The Bertz CT molecular complexity index is 527. The Morgan fingerprint density at radius 1 is 1.19 bits per heavy atom. The second kappa shape index (κ2) is 3.40. The molecule has 0 unspecified atom stereocenters. The first-order valence-corrected chi connectivity index (χ1v) is 4.30. The summed E-state index contributed by atoms with van der Waals surface area (Å²) in [5.41, 5.74) is -0.0768. The molecule has 2 nitrogen and oxygen atoms in total. The third-order valence-electron chi connectivity index (χ3n) is 1.90. The van der Waals surface area contributed by atoms with E-state index in [1.54, 1.807) is 6.92 Å². The topological polar surface area (TPSA) is 22.4 Å². The number of ether oxygens (including phenoxy) is 1. The Balaban J connectivity index is 2.49. The maximum Gasteiger partial charge on any atom is 0.573 e. The lowest BCUT2D eigenvalue weighted by Crippen LogP contribution is -2.17. The fourth-order valence-corrected chi connectivity index (χ4v) is 1.41. The first-order valence-electron chi connectivity index (χ1n) is 4.30. The molecule has 16 heavy (non-hydrogen) atoms. The van der Waals surface area contributed by atoms with Crippen LogP contribution < -0.4 is 4.74 Å². The second-order valence-electron chi connectivity index (χ2n) is 3.23. The van der Waals surface area contributed by atoms with Crippen molar-refractivity contribution < 1.29 is 26.7 Å². The smallest absolute Gasteiger partial charge is 0.458 e. The minimum absolute atomic E-state index is 0.0768. The van der Waals surface area contributed by atoms with Gasteiger partial charge in [0.25, 0.3) is 0 Å². The van der Waals surface area contributed by atoms with Crippen LogP contribution in [0.25, 0.3) is 11.0 Å². The SMILES string of the molecule is Cc1cc2cc(OC(F)(F)F)cc(F)c2o1. The van der Waals surface area contributed by atoms with Crippen LogP contribution in [-0.4, -0.2) is 6.36 Å². The van der Waals surface area contributed by atoms with Crippen molar-refractivity contribution in [1.82, 2.24) is 0 Å². The molecule has 0 saturated carbocycles. The summed E-state index contributed by atoms with van der Waals surface area (Å²) in [6, 6.07) is 3.14. The number of hydrogen-bond donors (Lipinski definition) is 0. The molecule has 0 spiro atoms. The summed E-state index contributed by atoms with van der Waals surface area (Å²) in [6.07, 6.45) is -4.83. The molecule has 1 heterocycles. The molecule has 1 aromatic heterocycles. The van der Waals surface area contributed by atoms with Gasteiger partial charge in [0.2, 0.25) is 0 Å². The lowest BCUT2D eigenvalue weighted by Gasteiger charge is -2.08. The van der Waals surface area contributed by atoms with Gasteiger partial charge in [0.1, 0.15) is 11.5 Å². The van der Waals surface area contributed by atoms with Gasteiger partial charge < -0.3 is 9.15 Å². The van der Waals surface area contributed by atoms with Gasteiger partial charge in [0.05, 0.1) is 0 Å². The first-order chi connectivity index (χ1) is 7.35. The quantitative estimate of drug-likeness (QED) is 0.700. The van der Waals surface area contributed by atoms with Gasteiger partial charge in [-0.15, -0.1) is 13.2 Å². The van der Waals surface area contributed by atoms with Crippen molar-refractivity contribution in [3.05, 3.63) is 29.8 Å². The fraction of sp³-hybridized carbons (Fsp3) is 0.200. The molecular weight excluding hydrogens is 228 g/mol. The van der Waals surface area contributed by atoms with Gasteiger partial charge in [0.15, 0.2) is 11.4 Å². The molecule has 0 aliphatic carbocycles. The van der Waals surface area contributed by atoms with E-state index in [0.717, 1.165) is 6.07 Å². The van der Waals surface area contributed by atoms with E-state index >= 15 is 0 Å². The van der Waals surface area contributed by atoms with Crippen LogP contribution in [0.15, 0.2) is 22.6 Å². The van der Waals surface area contributed by atoms with Crippen molar-refractivity contribution in [2.45, 2.75) is 13.3 Å². The predicted octanol–water partition coefficient (Wildman–Crippen LogP) is 3.78. The molecule has 0 amide bonds. The van der Waals surface area contributed by atoms with E-state index in [0.29, 0.717) is 11.8 Å². The molecular formula is C10H6F4O2. The van der Waals surface area contributed by atoms with E-state index in [2.05, 4.69) is 4.74 Å². The van der Waals surface area contributed by atoms with Crippen LogP contribution in [0.1, 0.15) is 5.76 Å². The number of hydrogen-bond acceptors (Lipinski definition) is 2. The number of rotatable bonds is 1. The van der Waals surface area contributed by atoms with E-state index in [1.165, 1.54) is 6.07 Å². The second-order valence-corrected chi connectivity index (χ2v) is 3.23. The van der Waals surface area contributed by atoms with Crippen LogP contribution >= 0.6 is 0 Å². The van der Waals surface area contributed by atoms with Crippen LogP contribution in [0, 0.1) is 12.7 Å². The zero-order valence-corrected chi connectivity index (χ0v) is 8.06. The van der Waals surface area contributed by atoms with E-state index in [9.17, 15) is 17.6 Å². The van der Waals surface area contributed by atoms with Crippen LogP contribution in [0.2, 0.25) is 0 Å². The number of alkyl halides is 3. The molecule has 0 saturated heterocycles. The highest BCUT2D eigenvalue weighted by Gasteiger charge is 2.31. The molecule has 1 aromatic carbocycles. The fourth-order valence-electron chi connectivity index (χ4n) is 1.41. The van der Waals surface area contributed by atoms with Crippen LogP contribution in [-0.2, 0) is 0 Å². The summed E-state index contributed by atoms with van der Waals surface area (Å²) in [6.45, 7) is 1.57. The van der Waals surface area contributed by atoms with Gasteiger partial charge in [-0.3, -0.25) is 0 Å². The average Bonchev–Trinajstić information content (AvgIpc) is 2.42. The Kier molecular flexibility index (Phi) is 2.29. The Labute approximate surface area is 87.4 Å². The zero-order chi connectivity index (χ0) is 11.9. The van der Waals surface area contributed by atoms with E-state index in [-0.39, 0.29) is 11.0 Å². The molecule has 6 heteroatoms. The summed E-state index contributed by atoms with van der Waals surface area (Å²) in [4.78, 5) is 0. The maximum atomic E-state index is 13.3. The number of furan rings is 1. The predicted molar refractivity (Wildman–Crippen MR) is 47.6 cm³/mol. The normalized spacial score (nSPS) is 12.1. The van der Waals surface area contributed by atoms with Crippen molar-refractivity contribution >= 4 is 11.0 Å². The number of fused-ring (bicyclic) bond motifs is 1. The summed E-state index contributed by atoms with van der Waals surface area (Å²) in [5.74, 6) is -1.07. The first kappa shape index (κ1) is 10.8. The molecule has 86 valence electrons. The van der Waals surface area contributed by atoms with E-state index in [4.69, 9.17) is 4.42 Å². The molecule has 0 N–H and O–H groups in total. The van der Waals surface area contributed by atoms with Crippen LogP contribution in [0.4, 0.5) is 17.6 Å². The van der Waals surface area contributed by atoms with Gasteiger partial charge in [-0.1, -0.05) is 0 Å². The number of halogens is 4. The molecule has 0 aliphatic rings. The minimum atomic E-state index is -4.83. The van der Waals surface area contributed by atoms with Gasteiger partial charge in [-0.05, 0) is 19.1 Å². The highest BCUT2D eigenvalue weighted by Crippen LogP contribution is 2.30. The molecule has 0 atom stereocenters. The molecule has 2 rings (SSSR count). The summed E-state index contributed by atoms with van der Waals surface area (Å²) < 4.78 is 57.6. The Hall–Kier alpha value is -1.72. The monoisotopic (exact) mass is 234 g/mol. The van der Waals surface area contributed by atoms with Gasteiger partial charge in [-0.25, -0.2) is 4.39 Å². The van der Waals surface area contributed by atoms with Crippen molar-refractivity contribution in [2.24, 2.45) is 0 Å². The van der Waals surface area contributed by atoms with E-state index < -0.39 is 17.9 Å². The number of benzene rings is 1. The van der Waals surface area contributed by atoms with Crippen molar-refractivity contribution in [3.63, 3.8) is 0 Å². The van der Waals surface area contributed by atoms with E-state index in [1.807, 2.05) is 0 Å². The third-order valence-corrected chi connectivity index (χ3v) is 1.90. The van der Waals surface area contributed by atoms with Crippen LogP contribution in [0.5, 0.6) is 5.75 Å². The molecule has 0 aliphatic heterocycles. The minimum Gasteiger partial charge on any atom is -0.458 e. The zero-order valence-electron chi connectivity index (χ0n) is 8.06. The summed E-state index contributed by atoms with van der Waals surface area (Å²) in [5, 5.41) is 0.233. The number of aryl methyl sites for hydroxylation is 1. The summed E-state index contributed by atoms with van der Waals surface area (Å²) in [7, 11) is 0. The van der Waals surface area contributed by atoms with Crippen LogP contribution in [0.3, 0.4) is 0 Å². The highest BCUT2D eigenvalue weighted by molar-refractivity contribution is 5.80.